The third kappa shape index (κ3) is 1.98. The SMILES string of the molecule is CN1C=C(c2ncc([N+](=O)[O-])cc2Cl)CN1. The highest BCUT2D eigenvalue weighted by Crippen LogP contribution is 2.26. The number of rotatable bonds is 2. The fourth-order valence-corrected chi connectivity index (χ4v) is 1.73. The molecule has 0 aliphatic carbocycles. The minimum Gasteiger partial charge on any atom is -0.318 e. The fraction of sp³-hybridized carbons (Fsp3) is 0.222. The molecule has 0 fully saturated rings. The van der Waals surface area contributed by atoms with Crippen LogP contribution >= 0.6 is 11.6 Å². The Morgan fingerprint density at radius 2 is 2.44 bits per heavy atom. The van der Waals surface area contributed by atoms with Crippen molar-refractivity contribution in [1.82, 2.24) is 15.4 Å². The quantitative estimate of drug-likeness (QED) is 0.626. The Hall–Kier alpha value is -1.66. The van der Waals surface area contributed by atoms with Crippen molar-refractivity contribution in [2.24, 2.45) is 0 Å². The zero-order valence-corrected chi connectivity index (χ0v) is 9.23. The Morgan fingerprint density at radius 1 is 1.69 bits per heavy atom. The molecule has 16 heavy (non-hydrogen) atoms. The van der Waals surface area contributed by atoms with E-state index in [9.17, 15) is 10.1 Å². The minimum absolute atomic E-state index is 0.103. The van der Waals surface area contributed by atoms with Crippen molar-refractivity contribution in [2.45, 2.75) is 0 Å². The summed E-state index contributed by atoms with van der Waals surface area (Å²) in [5, 5.41) is 12.6. The van der Waals surface area contributed by atoms with E-state index in [0.717, 1.165) is 5.57 Å². The molecule has 1 aliphatic rings. The molecule has 6 nitrogen and oxygen atoms in total. The van der Waals surface area contributed by atoms with Gasteiger partial charge in [0, 0.05) is 31.4 Å². The van der Waals surface area contributed by atoms with Crippen LogP contribution in [-0.2, 0) is 0 Å². The molecule has 2 heterocycles. The lowest BCUT2D eigenvalue weighted by molar-refractivity contribution is -0.385. The number of nitro groups is 1. The van der Waals surface area contributed by atoms with Gasteiger partial charge >= 0.3 is 0 Å². The van der Waals surface area contributed by atoms with Crippen LogP contribution in [-0.4, -0.2) is 28.5 Å². The number of nitrogens with zero attached hydrogens (tertiary/aromatic N) is 3. The van der Waals surface area contributed by atoms with Gasteiger partial charge in [0.25, 0.3) is 5.69 Å². The smallest absolute Gasteiger partial charge is 0.289 e. The maximum atomic E-state index is 10.5. The molecule has 84 valence electrons. The van der Waals surface area contributed by atoms with Crippen molar-refractivity contribution < 1.29 is 4.92 Å². The zero-order valence-electron chi connectivity index (χ0n) is 8.48. The number of hydrazine groups is 1. The number of aromatic nitrogens is 1. The van der Waals surface area contributed by atoms with Crippen molar-refractivity contribution in [3.63, 3.8) is 0 Å². The molecular weight excluding hydrogens is 232 g/mol. The van der Waals surface area contributed by atoms with Gasteiger partial charge in [-0.25, -0.2) is 10.4 Å². The predicted molar refractivity (Wildman–Crippen MR) is 59.6 cm³/mol. The van der Waals surface area contributed by atoms with Gasteiger partial charge in [-0.2, -0.15) is 0 Å². The van der Waals surface area contributed by atoms with Gasteiger partial charge in [-0.1, -0.05) is 11.6 Å². The highest BCUT2D eigenvalue weighted by atomic mass is 35.5. The summed E-state index contributed by atoms with van der Waals surface area (Å²) in [5.74, 6) is 0. The molecule has 7 heteroatoms. The molecule has 0 unspecified atom stereocenters. The average Bonchev–Trinajstić information content (AvgIpc) is 2.64. The van der Waals surface area contributed by atoms with Crippen LogP contribution in [0, 0.1) is 10.1 Å². The summed E-state index contributed by atoms with van der Waals surface area (Å²) in [7, 11) is 1.85. The summed E-state index contributed by atoms with van der Waals surface area (Å²) in [6.07, 6.45) is 3.06. The fourth-order valence-electron chi connectivity index (χ4n) is 1.44. The Balaban J connectivity index is 2.37. The van der Waals surface area contributed by atoms with Crippen molar-refractivity contribution >= 4 is 22.9 Å². The second kappa shape index (κ2) is 4.07. The average molecular weight is 241 g/mol. The number of halogens is 1. The van der Waals surface area contributed by atoms with Gasteiger partial charge in [0.15, 0.2) is 0 Å². The molecule has 2 rings (SSSR count). The van der Waals surface area contributed by atoms with E-state index in [2.05, 4.69) is 10.4 Å². The molecule has 0 saturated carbocycles. The molecule has 1 aliphatic heterocycles. The maximum absolute atomic E-state index is 10.5. The van der Waals surface area contributed by atoms with Crippen molar-refractivity contribution in [3.05, 3.63) is 39.3 Å². The Morgan fingerprint density at radius 3 is 2.94 bits per heavy atom. The lowest BCUT2D eigenvalue weighted by Crippen LogP contribution is -2.23. The molecule has 0 bridgehead atoms. The van der Waals surface area contributed by atoms with Crippen LogP contribution in [0.3, 0.4) is 0 Å². The summed E-state index contributed by atoms with van der Waals surface area (Å²) in [4.78, 5) is 14.0. The highest BCUT2D eigenvalue weighted by Gasteiger charge is 2.17. The van der Waals surface area contributed by atoms with Crippen molar-refractivity contribution in [2.75, 3.05) is 13.6 Å². The minimum atomic E-state index is -0.518. The van der Waals surface area contributed by atoms with Gasteiger partial charge in [-0.05, 0) is 0 Å². The van der Waals surface area contributed by atoms with E-state index in [0.29, 0.717) is 12.2 Å². The Kier molecular flexibility index (Phi) is 2.76. The van der Waals surface area contributed by atoms with Gasteiger partial charge in [0.05, 0.1) is 15.6 Å². The predicted octanol–water partition coefficient (Wildman–Crippen LogP) is 1.43. The third-order valence-electron chi connectivity index (χ3n) is 2.21. The number of hydrogen-bond acceptors (Lipinski definition) is 5. The first-order valence-electron chi connectivity index (χ1n) is 4.55. The van der Waals surface area contributed by atoms with E-state index in [1.807, 2.05) is 13.2 Å². The summed E-state index contributed by atoms with van der Waals surface area (Å²) in [6, 6.07) is 1.31. The molecule has 0 aromatic carbocycles. The third-order valence-corrected chi connectivity index (χ3v) is 2.50. The summed E-state index contributed by atoms with van der Waals surface area (Å²) in [6.45, 7) is 0.612. The molecular formula is C9H9ClN4O2. The van der Waals surface area contributed by atoms with E-state index in [-0.39, 0.29) is 10.7 Å². The van der Waals surface area contributed by atoms with E-state index in [1.54, 1.807) is 5.01 Å². The lowest BCUT2D eigenvalue weighted by atomic mass is 10.2. The standard InChI is InChI=1S/C9H9ClN4O2/c1-13-5-6(3-12-13)9-8(10)2-7(4-11-9)14(15)16/h2,4-5,12H,3H2,1H3. The summed E-state index contributed by atoms with van der Waals surface area (Å²) in [5.41, 5.74) is 4.42. The number of pyridine rings is 1. The van der Waals surface area contributed by atoms with Crippen molar-refractivity contribution in [1.29, 1.82) is 0 Å². The topological polar surface area (TPSA) is 71.3 Å². The second-order valence-electron chi connectivity index (χ2n) is 3.38. The second-order valence-corrected chi connectivity index (χ2v) is 3.79. The largest absolute Gasteiger partial charge is 0.318 e. The first kappa shape index (κ1) is 10.8. The monoisotopic (exact) mass is 240 g/mol. The summed E-state index contributed by atoms with van der Waals surface area (Å²) < 4.78 is 0. The number of nitrogens with one attached hydrogen (secondary N) is 1. The van der Waals surface area contributed by atoms with Crippen LogP contribution in [0.25, 0.3) is 5.57 Å². The van der Waals surface area contributed by atoms with E-state index < -0.39 is 4.92 Å². The van der Waals surface area contributed by atoms with Crippen LogP contribution < -0.4 is 5.43 Å². The Labute approximate surface area is 96.7 Å². The normalized spacial score (nSPS) is 15.1. The van der Waals surface area contributed by atoms with E-state index >= 15 is 0 Å². The molecule has 1 N–H and O–H groups in total. The first-order valence-corrected chi connectivity index (χ1v) is 4.93. The molecule has 1 aromatic heterocycles. The van der Waals surface area contributed by atoms with Crippen LogP contribution in [0.5, 0.6) is 0 Å². The van der Waals surface area contributed by atoms with Crippen LogP contribution in [0.15, 0.2) is 18.5 Å². The zero-order chi connectivity index (χ0) is 11.7. The van der Waals surface area contributed by atoms with E-state index in [1.165, 1.54) is 12.3 Å². The van der Waals surface area contributed by atoms with Crippen LogP contribution in [0.2, 0.25) is 5.02 Å². The van der Waals surface area contributed by atoms with Crippen LogP contribution in [0.1, 0.15) is 5.69 Å². The molecule has 0 amide bonds. The van der Waals surface area contributed by atoms with Gasteiger partial charge < -0.3 is 5.01 Å². The summed E-state index contributed by atoms with van der Waals surface area (Å²) >= 11 is 5.95. The molecule has 1 aromatic rings. The van der Waals surface area contributed by atoms with Crippen LogP contribution in [0.4, 0.5) is 5.69 Å². The molecule has 0 spiro atoms. The molecule has 0 radical (unpaired) electrons. The van der Waals surface area contributed by atoms with Crippen molar-refractivity contribution in [3.8, 4) is 0 Å². The maximum Gasteiger partial charge on any atom is 0.289 e. The lowest BCUT2D eigenvalue weighted by Gasteiger charge is -2.04. The van der Waals surface area contributed by atoms with Gasteiger partial charge in [0.1, 0.15) is 6.20 Å². The highest BCUT2D eigenvalue weighted by molar-refractivity contribution is 6.32. The Bertz CT molecular complexity index is 475. The van der Waals surface area contributed by atoms with Gasteiger partial charge in [0.2, 0.25) is 0 Å². The van der Waals surface area contributed by atoms with Gasteiger partial charge in [-0.15, -0.1) is 0 Å². The molecule has 0 atom stereocenters. The van der Waals surface area contributed by atoms with E-state index in [4.69, 9.17) is 11.6 Å². The van der Waals surface area contributed by atoms with Gasteiger partial charge in [-0.3, -0.25) is 10.1 Å². The first-order chi connectivity index (χ1) is 7.58. The number of hydrogen-bond donors (Lipinski definition) is 1. The molecule has 0 saturated heterocycles.